The first-order valence-corrected chi connectivity index (χ1v) is 11.4. The lowest BCUT2D eigenvalue weighted by Crippen LogP contribution is -2.24. The molecule has 2 aromatic rings. The summed E-state index contributed by atoms with van der Waals surface area (Å²) in [6.07, 6.45) is 2.63. The van der Waals surface area contributed by atoms with Crippen LogP contribution in [0.3, 0.4) is 0 Å². The third kappa shape index (κ3) is 6.49. The van der Waals surface area contributed by atoms with E-state index in [4.69, 9.17) is 18.9 Å². The number of rotatable bonds is 10. The van der Waals surface area contributed by atoms with Gasteiger partial charge in [0.15, 0.2) is 18.1 Å². The van der Waals surface area contributed by atoms with Crippen molar-refractivity contribution in [2.45, 2.75) is 11.8 Å². The van der Waals surface area contributed by atoms with Crippen LogP contribution in [-0.4, -0.2) is 66.6 Å². The Balaban J connectivity index is 2.03. The second-order valence-corrected chi connectivity index (χ2v) is 9.34. The van der Waals surface area contributed by atoms with Gasteiger partial charge < -0.3 is 24.3 Å². The molecule has 1 amide bonds. The molecule has 0 saturated heterocycles. The minimum Gasteiger partial charge on any atom is -0.493 e. The standard InChI is InChI=1S/C23H28N2O8S/c1-15-7-9-17(13-20(15)34(28,29)25(2)3)24-21(26)14-33-22(27)10-8-16-11-18(30-4)23(32-6)19(12-16)31-5/h7-13H,14H2,1-6H3,(H,24,26)/b10-8+. The number of ether oxygens (including phenoxy) is 4. The number of esters is 1. The maximum atomic E-state index is 12.4. The van der Waals surface area contributed by atoms with Gasteiger partial charge in [0.1, 0.15) is 0 Å². The highest BCUT2D eigenvalue weighted by atomic mass is 32.2. The molecule has 0 bridgehead atoms. The van der Waals surface area contributed by atoms with E-state index >= 15 is 0 Å². The minimum absolute atomic E-state index is 0.0700. The molecule has 0 aliphatic rings. The second-order valence-electron chi connectivity index (χ2n) is 7.22. The highest BCUT2D eigenvalue weighted by Gasteiger charge is 2.20. The average Bonchev–Trinajstić information content (AvgIpc) is 2.81. The van der Waals surface area contributed by atoms with E-state index in [0.717, 1.165) is 10.4 Å². The van der Waals surface area contributed by atoms with Gasteiger partial charge in [-0.2, -0.15) is 0 Å². The number of nitrogens with one attached hydrogen (secondary N) is 1. The molecule has 0 atom stereocenters. The Hall–Kier alpha value is -3.57. The summed E-state index contributed by atoms with van der Waals surface area (Å²) in [6.45, 7) is 1.10. The van der Waals surface area contributed by atoms with Crippen LogP contribution in [0.1, 0.15) is 11.1 Å². The van der Waals surface area contributed by atoms with Crippen molar-refractivity contribution in [2.75, 3.05) is 47.3 Å². The highest BCUT2D eigenvalue weighted by molar-refractivity contribution is 7.89. The molecule has 10 nitrogen and oxygen atoms in total. The zero-order valence-corrected chi connectivity index (χ0v) is 20.7. The Bertz CT molecular complexity index is 1160. The zero-order valence-electron chi connectivity index (χ0n) is 19.9. The van der Waals surface area contributed by atoms with Gasteiger partial charge in [0.25, 0.3) is 5.91 Å². The maximum Gasteiger partial charge on any atom is 0.331 e. The average molecular weight is 493 g/mol. The van der Waals surface area contributed by atoms with Gasteiger partial charge in [-0.15, -0.1) is 0 Å². The number of hydrogen-bond acceptors (Lipinski definition) is 8. The third-order valence-electron chi connectivity index (χ3n) is 4.67. The van der Waals surface area contributed by atoms with Crippen LogP contribution >= 0.6 is 0 Å². The molecular formula is C23H28N2O8S. The number of nitrogens with zero attached hydrogens (tertiary/aromatic N) is 1. The molecule has 34 heavy (non-hydrogen) atoms. The molecule has 2 rings (SSSR count). The first kappa shape index (κ1) is 26.7. The first-order chi connectivity index (χ1) is 16.0. The van der Waals surface area contributed by atoms with Crippen molar-refractivity contribution in [3.05, 3.63) is 47.5 Å². The number of amides is 1. The summed E-state index contributed by atoms with van der Waals surface area (Å²) >= 11 is 0. The van der Waals surface area contributed by atoms with Crippen molar-refractivity contribution < 1.29 is 37.0 Å². The summed E-state index contributed by atoms with van der Waals surface area (Å²) < 4.78 is 46.7. The van der Waals surface area contributed by atoms with E-state index in [9.17, 15) is 18.0 Å². The van der Waals surface area contributed by atoms with Crippen molar-refractivity contribution in [1.82, 2.24) is 4.31 Å². The number of aryl methyl sites for hydroxylation is 1. The van der Waals surface area contributed by atoms with Gasteiger partial charge in [-0.3, -0.25) is 4.79 Å². The SMILES string of the molecule is COc1cc(/C=C/C(=O)OCC(=O)Nc2ccc(C)c(S(=O)(=O)N(C)C)c2)cc(OC)c1OC. The van der Waals surface area contributed by atoms with Gasteiger partial charge in [-0.05, 0) is 48.4 Å². The molecule has 2 aromatic carbocycles. The van der Waals surface area contributed by atoms with E-state index in [1.807, 2.05) is 0 Å². The van der Waals surface area contributed by atoms with Crippen LogP contribution in [0.25, 0.3) is 6.08 Å². The summed E-state index contributed by atoms with van der Waals surface area (Å²) in [6, 6.07) is 7.80. The Morgan fingerprint density at radius 2 is 1.62 bits per heavy atom. The Morgan fingerprint density at radius 3 is 2.15 bits per heavy atom. The first-order valence-electron chi connectivity index (χ1n) is 10.0. The largest absolute Gasteiger partial charge is 0.493 e. The molecule has 184 valence electrons. The molecule has 0 aliphatic carbocycles. The topological polar surface area (TPSA) is 120 Å². The lowest BCUT2D eigenvalue weighted by atomic mass is 10.1. The van der Waals surface area contributed by atoms with Crippen LogP contribution in [0, 0.1) is 6.92 Å². The number of methoxy groups -OCH3 is 3. The van der Waals surface area contributed by atoms with E-state index in [0.29, 0.717) is 28.4 Å². The van der Waals surface area contributed by atoms with Gasteiger partial charge >= 0.3 is 5.97 Å². The second kappa shape index (κ2) is 11.5. The smallest absolute Gasteiger partial charge is 0.331 e. The van der Waals surface area contributed by atoms with Gasteiger partial charge in [-0.25, -0.2) is 17.5 Å². The number of anilines is 1. The molecule has 0 fully saturated rings. The minimum atomic E-state index is -3.68. The zero-order chi connectivity index (χ0) is 25.5. The summed E-state index contributed by atoms with van der Waals surface area (Å²) in [5.74, 6) is -0.111. The van der Waals surface area contributed by atoms with E-state index in [1.165, 1.54) is 47.6 Å². The molecule has 0 unspecified atom stereocenters. The Labute approximate surface area is 199 Å². The van der Waals surface area contributed by atoms with E-state index in [-0.39, 0.29) is 10.6 Å². The molecule has 1 N–H and O–H groups in total. The third-order valence-corrected chi connectivity index (χ3v) is 6.63. The van der Waals surface area contributed by atoms with Gasteiger partial charge in [-0.1, -0.05) is 6.07 Å². The van der Waals surface area contributed by atoms with Gasteiger partial charge in [0, 0.05) is 25.9 Å². The van der Waals surface area contributed by atoms with Crippen LogP contribution in [0.4, 0.5) is 5.69 Å². The van der Waals surface area contributed by atoms with Crippen molar-refractivity contribution >= 4 is 33.7 Å². The molecule has 0 spiro atoms. The normalized spacial score (nSPS) is 11.4. The van der Waals surface area contributed by atoms with Crippen LogP contribution in [0.5, 0.6) is 17.2 Å². The summed E-state index contributed by atoms with van der Waals surface area (Å²) in [4.78, 5) is 24.3. The summed E-state index contributed by atoms with van der Waals surface area (Å²) in [7, 11) is 3.60. The van der Waals surface area contributed by atoms with Crippen LogP contribution < -0.4 is 19.5 Å². The van der Waals surface area contributed by atoms with Crippen LogP contribution in [-0.2, 0) is 24.3 Å². The lowest BCUT2D eigenvalue weighted by molar-refractivity contribution is -0.142. The Morgan fingerprint density at radius 1 is 1.00 bits per heavy atom. The number of benzene rings is 2. The van der Waals surface area contributed by atoms with Crippen molar-refractivity contribution in [1.29, 1.82) is 0 Å². The van der Waals surface area contributed by atoms with Crippen LogP contribution in [0.15, 0.2) is 41.3 Å². The molecule has 0 heterocycles. The predicted octanol–water partition coefficient (Wildman–Crippen LogP) is 2.47. The molecule has 0 saturated carbocycles. The number of sulfonamides is 1. The maximum absolute atomic E-state index is 12.4. The fourth-order valence-corrected chi connectivity index (χ4v) is 4.04. The Kier molecular flexibility index (Phi) is 9.04. The van der Waals surface area contributed by atoms with Crippen molar-refractivity contribution in [3.63, 3.8) is 0 Å². The predicted molar refractivity (Wildman–Crippen MR) is 127 cm³/mol. The van der Waals surface area contributed by atoms with E-state index < -0.39 is 28.5 Å². The number of hydrogen-bond donors (Lipinski definition) is 1. The fourth-order valence-electron chi connectivity index (χ4n) is 2.90. The number of carbonyl (C=O) groups is 2. The monoisotopic (exact) mass is 492 g/mol. The summed E-state index contributed by atoms with van der Waals surface area (Å²) in [5, 5.41) is 2.52. The van der Waals surface area contributed by atoms with Crippen molar-refractivity contribution in [2.24, 2.45) is 0 Å². The fraction of sp³-hybridized carbons (Fsp3) is 0.304. The molecule has 11 heteroatoms. The molecular weight excluding hydrogens is 464 g/mol. The summed E-state index contributed by atoms with van der Waals surface area (Å²) in [5.41, 5.74) is 1.39. The van der Waals surface area contributed by atoms with Crippen LogP contribution in [0.2, 0.25) is 0 Å². The van der Waals surface area contributed by atoms with Crippen molar-refractivity contribution in [3.8, 4) is 17.2 Å². The highest BCUT2D eigenvalue weighted by Crippen LogP contribution is 2.38. The lowest BCUT2D eigenvalue weighted by Gasteiger charge is -2.15. The van der Waals surface area contributed by atoms with E-state index in [2.05, 4.69) is 5.32 Å². The van der Waals surface area contributed by atoms with E-state index in [1.54, 1.807) is 31.2 Å². The molecule has 0 aliphatic heterocycles. The molecule has 0 aromatic heterocycles. The van der Waals surface area contributed by atoms with Gasteiger partial charge in [0.05, 0.1) is 26.2 Å². The quantitative estimate of drug-likeness (QED) is 0.397. The molecule has 0 radical (unpaired) electrons. The number of carbonyl (C=O) groups excluding carboxylic acids is 2. The van der Waals surface area contributed by atoms with Gasteiger partial charge in [0.2, 0.25) is 15.8 Å².